The van der Waals surface area contributed by atoms with Crippen LogP contribution in [0, 0.1) is 11.3 Å². The van der Waals surface area contributed by atoms with Crippen molar-refractivity contribution in [3.63, 3.8) is 0 Å². The maximum Gasteiger partial charge on any atom is 0.302 e. The summed E-state index contributed by atoms with van der Waals surface area (Å²) >= 11 is 0. The molecule has 1 atom stereocenters. The van der Waals surface area contributed by atoms with Crippen LogP contribution in [-0.2, 0) is 9.53 Å². The molecule has 1 amide bonds. The van der Waals surface area contributed by atoms with Gasteiger partial charge in [0.05, 0.1) is 11.8 Å². The van der Waals surface area contributed by atoms with Gasteiger partial charge in [-0.2, -0.15) is 5.26 Å². The molecule has 0 bridgehead atoms. The molecule has 0 radical (unpaired) electrons. The molecule has 2 aromatic rings. The van der Waals surface area contributed by atoms with Crippen molar-refractivity contribution in [2.45, 2.75) is 13.0 Å². The van der Waals surface area contributed by atoms with Gasteiger partial charge >= 0.3 is 5.97 Å². The number of rotatable bonds is 3. The van der Waals surface area contributed by atoms with E-state index in [0.29, 0.717) is 16.8 Å². The quantitative estimate of drug-likeness (QED) is 0.809. The third-order valence-electron chi connectivity index (χ3n) is 3.95. The topological polar surface area (TPSA) is 70.4 Å². The van der Waals surface area contributed by atoms with Crippen molar-refractivity contribution >= 4 is 23.6 Å². The van der Waals surface area contributed by atoms with Crippen LogP contribution in [0.25, 0.3) is 6.08 Å². The lowest BCUT2D eigenvalue weighted by atomic mass is 9.95. The van der Waals surface area contributed by atoms with Gasteiger partial charge in [-0.05, 0) is 29.8 Å². The van der Waals surface area contributed by atoms with Crippen LogP contribution in [0.15, 0.2) is 60.2 Å². The third-order valence-corrected chi connectivity index (χ3v) is 3.95. The first kappa shape index (κ1) is 16.5. The van der Waals surface area contributed by atoms with Crippen LogP contribution in [0.4, 0.5) is 5.69 Å². The molecule has 25 heavy (non-hydrogen) atoms. The Labute approximate surface area is 145 Å². The van der Waals surface area contributed by atoms with Gasteiger partial charge in [-0.3, -0.25) is 14.5 Å². The van der Waals surface area contributed by atoms with Crippen LogP contribution in [0.1, 0.15) is 22.8 Å². The second-order valence-electron chi connectivity index (χ2n) is 5.63. The van der Waals surface area contributed by atoms with Crippen LogP contribution in [0.3, 0.4) is 0 Å². The molecule has 2 aromatic carbocycles. The summed E-state index contributed by atoms with van der Waals surface area (Å²) in [5.41, 5.74) is 2.53. The van der Waals surface area contributed by atoms with Gasteiger partial charge < -0.3 is 4.74 Å². The zero-order chi connectivity index (χ0) is 17.8. The molecule has 1 aliphatic heterocycles. The SMILES string of the molecule is CC(=O)OCC1=Cc2ccccc2N(C(=O)c2ccccc2)C1C#N. The summed E-state index contributed by atoms with van der Waals surface area (Å²) < 4.78 is 5.07. The zero-order valence-electron chi connectivity index (χ0n) is 13.7. The number of fused-ring (bicyclic) bond motifs is 1. The summed E-state index contributed by atoms with van der Waals surface area (Å²) in [5, 5.41) is 9.69. The molecular formula is C20H16N2O3. The van der Waals surface area contributed by atoms with E-state index < -0.39 is 12.0 Å². The Morgan fingerprint density at radius 2 is 1.80 bits per heavy atom. The van der Waals surface area contributed by atoms with Gasteiger partial charge in [-0.25, -0.2) is 0 Å². The molecular weight excluding hydrogens is 316 g/mol. The van der Waals surface area contributed by atoms with E-state index in [0.717, 1.165) is 5.56 Å². The highest BCUT2D eigenvalue weighted by Crippen LogP contribution is 2.33. The minimum absolute atomic E-state index is 0.0273. The number of para-hydroxylation sites is 1. The lowest BCUT2D eigenvalue weighted by molar-refractivity contribution is -0.140. The largest absolute Gasteiger partial charge is 0.461 e. The number of anilines is 1. The van der Waals surface area contributed by atoms with Gasteiger partial charge in [0, 0.05) is 18.1 Å². The normalized spacial score (nSPS) is 15.6. The highest BCUT2D eigenvalue weighted by molar-refractivity contribution is 6.09. The molecule has 5 heteroatoms. The number of amides is 1. The molecule has 124 valence electrons. The third kappa shape index (κ3) is 3.29. The lowest BCUT2D eigenvalue weighted by Gasteiger charge is -2.33. The fourth-order valence-corrected chi connectivity index (χ4v) is 2.81. The first-order chi connectivity index (χ1) is 12.1. The van der Waals surface area contributed by atoms with Crippen molar-refractivity contribution in [2.24, 2.45) is 0 Å². The Morgan fingerprint density at radius 3 is 2.48 bits per heavy atom. The molecule has 5 nitrogen and oxygen atoms in total. The highest BCUT2D eigenvalue weighted by Gasteiger charge is 2.33. The summed E-state index contributed by atoms with van der Waals surface area (Å²) in [5.74, 6) is -0.703. The van der Waals surface area contributed by atoms with Gasteiger partial charge in [-0.15, -0.1) is 0 Å². The second kappa shape index (κ2) is 7.02. The number of nitriles is 1. The van der Waals surface area contributed by atoms with E-state index >= 15 is 0 Å². The van der Waals surface area contributed by atoms with E-state index in [1.54, 1.807) is 36.4 Å². The molecule has 0 saturated heterocycles. The Hall–Kier alpha value is -3.39. The Balaban J connectivity index is 2.06. The number of nitrogens with zero attached hydrogens (tertiary/aromatic N) is 2. The lowest BCUT2D eigenvalue weighted by Crippen LogP contribution is -2.44. The molecule has 0 N–H and O–H groups in total. The van der Waals surface area contributed by atoms with E-state index in [1.807, 2.05) is 24.3 Å². The maximum absolute atomic E-state index is 13.1. The Morgan fingerprint density at radius 1 is 1.12 bits per heavy atom. The fourth-order valence-electron chi connectivity index (χ4n) is 2.81. The molecule has 0 aliphatic carbocycles. The maximum atomic E-state index is 13.1. The van der Waals surface area contributed by atoms with Crippen molar-refractivity contribution in [3.8, 4) is 6.07 Å². The Kier molecular flexibility index (Phi) is 4.62. The number of esters is 1. The number of hydrogen-bond acceptors (Lipinski definition) is 4. The van der Waals surface area contributed by atoms with E-state index in [9.17, 15) is 14.9 Å². The summed E-state index contributed by atoms with van der Waals surface area (Å²) in [6.45, 7) is 1.28. The predicted octanol–water partition coefficient (Wildman–Crippen LogP) is 3.19. The number of hydrogen-bond donors (Lipinski definition) is 0. The van der Waals surface area contributed by atoms with Crippen molar-refractivity contribution in [1.82, 2.24) is 0 Å². The predicted molar refractivity (Wildman–Crippen MR) is 93.7 cm³/mol. The van der Waals surface area contributed by atoms with Gasteiger partial charge in [0.2, 0.25) is 0 Å². The summed E-state index contributed by atoms with van der Waals surface area (Å²) in [7, 11) is 0. The molecule has 0 fully saturated rings. The first-order valence-corrected chi connectivity index (χ1v) is 7.83. The molecule has 0 aromatic heterocycles. The molecule has 1 aliphatic rings. The Bertz CT molecular complexity index is 881. The van der Waals surface area contributed by atoms with Gasteiger partial charge in [-0.1, -0.05) is 36.4 Å². The zero-order valence-corrected chi connectivity index (χ0v) is 13.7. The van der Waals surface area contributed by atoms with Gasteiger partial charge in [0.1, 0.15) is 12.6 Å². The molecule has 3 rings (SSSR count). The van der Waals surface area contributed by atoms with E-state index in [2.05, 4.69) is 6.07 Å². The van der Waals surface area contributed by atoms with E-state index in [-0.39, 0.29) is 12.5 Å². The van der Waals surface area contributed by atoms with Crippen LogP contribution in [0.5, 0.6) is 0 Å². The number of carbonyl (C=O) groups excluding carboxylic acids is 2. The number of benzene rings is 2. The number of ether oxygens (including phenoxy) is 1. The summed E-state index contributed by atoms with van der Waals surface area (Å²) in [6, 6.07) is 17.5. The standard InChI is InChI=1S/C20H16N2O3/c1-14(23)25-13-17-11-16-9-5-6-10-18(16)22(19(17)12-21)20(24)15-7-3-2-4-8-15/h2-11,19H,13H2,1H3. The van der Waals surface area contributed by atoms with Crippen LogP contribution in [-0.4, -0.2) is 24.5 Å². The molecule has 0 spiro atoms. The molecule has 0 saturated carbocycles. The first-order valence-electron chi connectivity index (χ1n) is 7.83. The minimum Gasteiger partial charge on any atom is -0.461 e. The second-order valence-corrected chi connectivity index (χ2v) is 5.63. The summed E-state index contributed by atoms with van der Waals surface area (Å²) in [6.07, 6.45) is 1.81. The van der Waals surface area contributed by atoms with Crippen LogP contribution >= 0.6 is 0 Å². The highest BCUT2D eigenvalue weighted by atomic mass is 16.5. The van der Waals surface area contributed by atoms with Crippen molar-refractivity contribution in [1.29, 1.82) is 5.26 Å². The molecule has 1 heterocycles. The van der Waals surface area contributed by atoms with E-state index in [4.69, 9.17) is 4.74 Å². The monoisotopic (exact) mass is 332 g/mol. The average Bonchev–Trinajstić information content (AvgIpc) is 2.65. The molecule has 1 unspecified atom stereocenters. The van der Waals surface area contributed by atoms with E-state index in [1.165, 1.54) is 11.8 Å². The summed E-state index contributed by atoms with van der Waals surface area (Å²) in [4.78, 5) is 25.7. The van der Waals surface area contributed by atoms with Gasteiger partial charge in [0.25, 0.3) is 5.91 Å². The van der Waals surface area contributed by atoms with Crippen molar-refractivity contribution in [3.05, 3.63) is 71.3 Å². The average molecular weight is 332 g/mol. The smallest absolute Gasteiger partial charge is 0.302 e. The minimum atomic E-state index is -0.832. The van der Waals surface area contributed by atoms with Crippen LogP contribution in [0.2, 0.25) is 0 Å². The van der Waals surface area contributed by atoms with Gasteiger partial charge in [0.15, 0.2) is 0 Å². The van der Waals surface area contributed by atoms with Crippen molar-refractivity contribution in [2.75, 3.05) is 11.5 Å². The fraction of sp³-hybridized carbons (Fsp3) is 0.150. The van der Waals surface area contributed by atoms with Crippen molar-refractivity contribution < 1.29 is 14.3 Å². The number of carbonyl (C=O) groups is 2. The van der Waals surface area contributed by atoms with Crippen LogP contribution < -0.4 is 4.90 Å².